The number of aromatic hydroxyl groups is 1. The quantitative estimate of drug-likeness (QED) is 0.525. The molecule has 3 aromatic rings. The Labute approximate surface area is 157 Å². The zero-order chi connectivity index (χ0) is 19.0. The number of phenols is 1. The third-order valence-electron chi connectivity index (χ3n) is 4.78. The van der Waals surface area contributed by atoms with E-state index < -0.39 is 12.2 Å². The molecule has 0 bridgehead atoms. The molecule has 4 rings (SSSR count). The van der Waals surface area contributed by atoms with Crippen LogP contribution in [0.15, 0.2) is 60.7 Å². The molecule has 0 aromatic heterocycles. The van der Waals surface area contributed by atoms with Crippen molar-refractivity contribution in [2.75, 3.05) is 12.4 Å². The number of rotatable bonds is 3. The van der Waals surface area contributed by atoms with Gasteiger partial charge in [0, 0.05) is 11.6 Å². The second-order valence-corrected chi connectivity index (χ2v) is 6.39. The molecule has 0 saturated carbocycles. The van der Waals surface area contributed by atoms with E-state index >= 15 is 0 Å². The summed E-state index contributed by atoms with van der Waals surface area (Å²) >= 11 is 0. The van der Waals surface area contributed by atoms with E-state index in [1.807, 2.05) is 30.3 Å². The number of ether oxygens (including phenoxy) is 2. The molecule has 1 aliphatic rings. The molecule has 5 heteroatoms. The lowest BCUT2D eigenvalue weighted by atomic mass is 9.96. The van der Waals surface area contributed by atoms with E-state index in [0.717, 1.165) is 22.3 Å². The lowest BCUT2D eigenvalue weighted by molar-refractivity contribution is 0.0597. The van der Waals surface area contributed by atoms with Gasteiger partial charge in [-0.15, -0.1) is 0 Å². The average Bonchev–Trinajstić information content (AvgIpc) is 3.10. The molecule has 1 heterocycles. The second kappa shape index (κ2) is 6.68. The molecule has 0 aliphatic carbocycles. The maximum Gasteiger partial charge on any atom is 0.341 e. The van der Waals surface area contributed by atoms with Crippen molar-refractivity contribution in [3.8, 4) is 22.6 Å². The summed E-state index contributed by atoms with van der Waals surface area (Å²) in [6.07, 6.45) is -0.407. The molecule has 136 valence electrons. The third-order valence-corrected chi connectivity index (χ3v) is 4.78. The van der Waals surface area contributed by atoms with Gasteiger partial charge in [0.25, 0.3) is 0 Å². The molecule has 0 radical (unpaired) electrons. The van der Waals surface area contributed by atoms with Crippen LogP contribution in [0, 0.1) is 6.92 Å². The lowest BCUT2D eigenvalue weighted by Gasteiger charge is -2.17. The normalized spacial score (nSPS) is 14.8. The van der Waals surface area contributed by atoms with Gasteiger partial charge in [-0.1, -0.05) is 48.5 Å². The van der Waals surface area contributed by atoms with E-state index in [-0.39, 0.29) is 11.3 Å². The van der Waals surface area contributed by atoms with Gasteiger partial charge in [-0.05, 0) is 29.7 Å². The number of carbonyl (C=O) groups is 1. The minimum Gasteiger partial charge on any atom is -0.507 e. The highest BCUT2D eigenvalue weighted by molar-refractivity contribution is 5.94. The van der Waals surface area contributed by atoms with Crippen LogP contribution in [0.4, 0.5) is 5.69 Å². The van der Waals surface area contributed by atoms with Gasteiger partial charge in [0.2, 0.25) is 0 Å². The summed E-state index contributed by atoms with van der Waals surface area (Å²) < 4.78 is 10.7. The summed E-state index contributed by atoms with van der Waals surface area (Å²) in [5, 5.41) is 13.3. The van der Waals surface area contributed by atoms with E-state index in [1.54, 1.807) is 6.07 Å². The molecule has 2 N–H and O–H groups in total. The number of esters is 1. The van der Waals surface area contributed by atoms with Crippen molar-refractivity contribution < 1.29 is 19.4 Å². The van der Waals surface area contributed by atoms with Crippen LogP contribution in [0.2, 0.25) is 0 Å². The van der Waals surface area contributed by atoms with E-state index in [1.165, 1.54) is 13.2 Å². The molecule has 27 heavy (non-hydrogen) atoms. The summed E-state index contributed by atoms with van der Waals surface area (Å²) in [6.45, 7) is 2.06. The van der Waals surface area contributed by atoms with Crippen LogP contribution >= 0.6 is 0 Å². The fraction of sp³-hybridized carbons (Fsp3) is 0.136. The highest BCUT2D eigenvalue weighted by Crippen LogP contribution is 2.43. The largest absolute Gasteiger partial charge is 0.507 e. The molecule has 5 nitrogen and oxygen atoms in total. The van der Waals surface area contributed by atoms with Gasteiger partial charge >= 0.3 is 5.97 Å². The lowest BCUT2D eigenvalue weighted by Crippen LogP contribution is -2.12. The van der Waals surface area contributed by atoms with Crippen molar-refractivity contribution in [2.45, 2.75) is 13.2 Å². The fourth-order valence-electron chi connectivity index (χ4n) is 3.36. The summed E-state index contributed by atoms with van der Waals surface area (Å²) in [6, 6.07) is 19.2. The van der Waals surface area contributed by atoms with Crippen molar-refractivity contribution in [3.63, 3.8) is 0 Å². The van der Waals surface area contributed by atoms with Crippen LogP contribution in [0.5, 0.6) is 11.5 Å². The van der Waals surface area contributed by atoms with Crippen molar-refractivity contribution in [1.29, 1.82) is 0 Å². The van der Waals surface area contributed by atoms with Crippen LogP contribution in [-0.4, -0.2) is 18.2 Å². The SMILES string of the molecule is COC(=O)c1cc2c(cc1O)OC(c1cccc(-c3ccccc3)c1C)N2. The van der Waals surface area contributed by atoms with E-state index in [4.69, 9.17) is 9.47 Å². The first-order valence-corrected chi connectivity index (χ1v) is 8.62. The summed E-state index contributed by atoms with van der Waals surface area (Å²) in [5.41, 5.74) is 5.11. The number of methoxy groups -OCH3 is 1. The topological polar surface area (TPSA) is 67.8 Å². The minimum atomic E-state index is -0.595. The Kier molecular flexibility index (Phi) is 4.20. The first kappa shape index (κ1) is 17.0. The molecule has 1 unspecified atom stereocenters. The van der Waals surface area contributed by atoms with Gasteiger partial charge in [-0.25, -0.2) is 4.79 Å². The highest BCUT2D eigenvalue weighted by atomic mass is 16.5. The first-order valence-electron chi connectivity index (χ1n) is 8.62. The Bertz CT molecular complexity index is 1010. The summed E-state index contributed by atoms with van der Waals surface area (Å²) in [4.78, 5) is 11.8. The van der Waals surface area contributed by atoms with Crippen molar-refractivity contribution in [1.82, 2.24) is 0 Å². The predicted molar refractivity (Wildman–Crippen MR) is 103 cm³/mol. The molecular formula is C22H19NO4. The number of nitrogens with one attached hydrogen (secondary N) is 1. The minimum absolute atomic E-state index is 0.0998. The van der Waals surface area contributed by atoms with E-state index in [0.29, 0.717) is 11.4 Å². The zero-order valence-electron chi connectivity index (χ0n) is 15.0. The smallest absolute Gasteiger partial charge is 0.341 e. The molecule has 0 saturated heterocycles. The summed E-state index contributed by atoms with van der Waals surface area (Å²) in [7, 11) is 1.28. The molecule has 3 aromatic carbocycles. The Balaban J connectivity index is 1.69. The maximum atomic E-state index is 11.8. The van der Waals surface area contributed by atoms with Crippen molar-refractivity contribution in [2.24, 2.45) is 0 Å². The van der Waals surface area contributed by atoms with Crippen LogP contribution in [0.1, 0.15) is 27.7 Å². The number of hydrogen-bond donors (Lipinski definition) is 2. The Morgan fingerprint density at radius 1 is 1.11 bits per heavy atom. The second-order valence-electron chi connectivity index (χ2n) is 6.39. The molecule has 1 aliphatic heterocycles. The number of benzene rings is 3. The van der Waals surface area contributed by atoms with Crippen LogP contribution in [0.25, 0.3) is 11.1 Å². The standard InChI is InChI=1S/C22H19NO4/c1-13-15(14-7-4-3-5-8-14)9-6-10-16(13)21-23-18-11-17(22(25)26-2)19(24)12-20(18)27-21/h3-12,21,23-24H,1-2H3. The Morgan fingerprint density at radius 2 is 1.89 bits per heavy atom. The maximum absolute atomic E-state index is 11.8. The number of fused-ring (bicyclic) bond motifs is 1. The Hall–Kier alpha value is -3.47. The monoisotopic (exact) mass is 361 g/mol. The van der Waals surface area contributed by atoms with Crippen molar-refractivity contribution >= 4 is 11.7 Å². The van der Waals surface area contributed by atoms with Gasteiger partial charge in [-0.2, -0.15) is 0 Å². The van der Waals surface area contributed by atoms with Crippen LogP contribution in [-0.2, 0) is 4.74 Å². The molecule has 0 amide bonds. The van der Waals surface area contributed by atoms with Gasteiger partial charge in [-0.3, -0.25) is 0 Å². The van der Waals surface area contributed by atoms with Gasteiger partial charge in [0.1, 0.15) is 17.1 Å². The molecule has 0 fully saturated rings. The summed E-state index contributed by atoms with van der Waals surface area (Å²) in [5.74, 6) is -0.268. The molecule has 0 spiro atoms. The fourth-order valence-corrected chi connectivity index (χ4v) is 3.36. The average molecular weight is 361 g/mol. The van der Waals surface area contributed by atoms with E-state index in [9.17, 15) is 9.90 Å². The molecule has 1 atom stereocenters. The third kappa shape index (κ3) is 2.97. The van der Waals surface area contributed by atoms with Crippen molar-refractivity contribution in [3.05, 3.63) is 77.4 Å². The van der Waals surface area contributed by atoms with Crippen LogP contribution < -0.4 is 10.1 Å². The van der Waals surface area contributed by atoms with E-state index in [2.05, 4.69) is 30.4 Å². The van der Waals surface area contributed by atoms with Crippen LogP contribution in [0.3, 0.4) is 0 Å². The predicted octanol–water partition coefficient (Wildman–Crippen LogP) is 4.66. The number of hydrogen-bond acceptors (Lipinski definition) is 5. The number of anilines is 1. The Morgan fingerprint density at radius 3 is 2.63 bits per heavy atom. The van der Waals surface area contributed by atoms with Gasteiger partial charge in [0.05, 0.1) is 12.8 Å². The first-order chi connectivity index (χ1) is 13.1. The molecular weight excluding hydrogens is 342 g/mol. The number of carbonyl (C=O) groups excluding carboxylic acids is 1. The van der Waals surface area contributed by atoms with Gasteiger partial charge in [0.15, 0.2) is 6.23 Å². The highest BCUT2D eigenvalue weighted by Gasteiger charge is 2.28. The zero-order valence-corrected chi connectivity index (χ0v) is 15.0. The van der Waals surface area contributed by atoms with Gasteiger partial charge < -0.3 is 19.9 Å². The number of phenolic OH excluding ortho intramolecular Hbond substituents is 1.